The van der Waals surface area contributed by atoms with Gasteiger partial charge in [0.1, 0.15) is 11.3 Å². The molecule has 172 valence electrons. The average molecular weight is 454 g/mol. The SMILES string of the molecule is COc1cc2occ(-c3ccc(-c4ccccc4)cc3)c2cc1/C(C)=C/C(=O)N1CCOCC1. The van der Waals surface area contributed by atoms with Gasteiger partial charge in [0.25, 0.3) is 0 Å². The van der Waals surface area contributed by atoms with Crippen molar-refractivity contribution < 1.29 is 18.7 Å². The van der Waals surface area contributed by atoms with Gasteiger partial charge in [0.15, 0.2) is 0 Å². The third-order valence-electron chi connectivity index (χ3n) is 6.29. The highest BCUT2D eigenvalue weighted by molar-refractivity contribution is 6.00. The Balaban J connectivity index is 1.50. The van der Waals surface area contributed by atoms with Gasteiger partial charge >= 0.3 is 0 Å². The van der Waals surface area contributed by atoms with Crippen molar-refractivity contribution in [3.05, 3.63) is 84.6 Å². The molecule has 5 nitrogen and oxygen atoms in total. The molecular weight excluding hydrogens is 426 g/mol. The number of hydrogen-bond acceptors (Lipinski definition) is 4. The minimum Gasteiger partial charge on any atom is -0.496 e. The Hall–Kier alpha value is -3.83. The number of carbonyl (C=O) groups excluding carboxylic acids is 1. The van der Waals surface area contributed by atoms with Gasteiger partial charge in [-0.3, -0.25) is 4.79 Å². The minimum absolute atomic E-state index is 0.00753. The maximum Gasteiger partial charge on any atom is 0.247 e. The van der Waals surface area contributed by atoms with Crippen LogP contribution in [0.5, 0.6) is 5.75 Å². The van der Waals surface area contributed by atoms with E-state index in [4.69, 9.17) is 13.9 Å². The van der Waals surface area contributed by atoms with Gasteiger partial charge in [-0.2, -0.15) is 0 Å². The lowest BCUT2D eigenvalue weighted by Gasteiger charge is -2.26. The standard InChI is InChI=1S/C29H27NO4/c1-20(16-29(31)30-12-14-33-15-13-30)24-17-25-26(19-34-28(25)18-27(24)32-2)23-10-8-22(9-11-23)21-6-4-3-5-7-21/h3-11,16-19H,12-15H2,1-2H3/b20-16+. The average Bonchev–Trinajstić information content (AvgIpc) is 3.32. The second-order valence-electron chi connectivity index (χ2n) is 8.41. The topological polar surface area (TPSA) is 51.9 Å². The third-order valence-corrected chi connectivity index (χ3v) is 6.29. The number of morpholine rings is 1. The molecule has 3 aromatic carbocycles. The van der Waals surface area contributed by atoms with Crippen LogP contribution in [0.25, 0.3) is 38.8 Å². The molecular formula is C29H27NO4. The summed E-state index contributed by atoms with van der Waals surface area (Å²) in [7, 11) is 1.63. The first-order valence-electron chi connectivity index (χ1n) is 11.4. The first-order chi connectivity index (χ1) is 16.6. The first-order valence-corrected chi connectivity index (χ1v) is 11.4. The fraction of sp³-hybridized carbons (Fsp3) is 0.207. The lowest BCUT2D eigenvalue weighted by atomic mass is 9.97. The van der Waals surface area contributed by atoms with Gasteiger partial charge in [-0.1, -0.05) is 54.6 Å². The Morgan fingerprint density at radius 3 is 2.32 bits per heavy atom. The fourth-order valence-corrected chi connectivity index (χ4v) is 4.37. The van der Waals surface area contributed by atoms with Crippen LogP contribution in [0, 0.1) is 0 Å². The predicted molar refractivity (Wildman–Crippen MR) is 135 cm³/mol. The minimum atomic E-state index is -0.00753. The highest BCUT2D eigenvalue weighted by atomic mass is 16.5. The van der Waals surface area contributed by atoms with Crippen LogP contribution in [0.2, 0.25) is 0 Å². The number of ether oxygens (including phenoxy) is 2. The molecule has 1 fully saturated rings. The Kier molecular flexibility index (Phi) is 6.19. The van der Waals surface area contributed by atoms with E-state index in [9.17, 15) is 4.79 Å². The van der Waals surface area contributed by atoms with E-state index in [1.165, 1.54) is 11.1 Å². The zero-order chi connectivity index (χ0) is 23.5. The summed E-state index contributed by atoms with van der Waals surface area (Å²) < 4.78 is 16.9. The molecule has 4 aromatic rings. The second kappa shape index (κ2) is 9.57. The Labute approximate surface area is 199 Å². The Bertz CT molecular complexity index is 1330. The number of allylic oxidation sites excluding steroid dienone is 1. The van der Waals surface area contributed by atoms with Crippen molar-refractivity contribution in [3.63, 3.8) is 0 Å². The highest BCUT2D eigenvalue weighted by Gasteiger charge is 2.18. The lowest BCUT2D eigenvalue weighted by Crippen LogP contribution is -2.39. The molecule has 1 saturated heterocycles. The number of furan rings is 1. The number of nitrogens with zero attached hydrogens (tertiary/aromatic N) is 1. The number of amides is 1. The van der Waals surface area contributed by atoms with Gasteiger partial charge < -0.3 is 18.8 Å². The van der Waals surface area contributed by atoms with Gasteiger partial charge in [-0.05, 0) is 35.3 Å². The molecule has 0 bridgehead atoms. The largest absolute Gasteiger partial charge is 0.496 e. The predicted octanol–water partition coefficient (Wildman–Crippen LogP) is 6.04. The van der Waals surface area contributed by atoms with Crippen LogP contribution in [0.1, 0.15) is 12.5 Å². The molecule has 34 heavy (non-hydrogen) atoms. The van der Waals surface area contributed by atoms with Crippen molar-refractivity contribution in [2.45, 2.75) is 6.92 Å². The van der Waals surface area contributed by atoms with Gasteiger partial charge in [-0.15, -0.1) is 0 Å². The Morgan fingerprint density at radius 1 is 0.941 bits per heavy atom. The van der Waals surface area contributed by atoms with Crippen molar-refractivity contribution in [1.29, 1.82) is 0 Å². The summed E-state index contributed by atoms with van der Waals surface area (Å²) in [6.45, 7) is 4.33. The lowest BCUT2D eigenvalue weighted by molar-refractivity contribution is -0.129. The van der Waals surface area contributed by atoms with E-state index < -0.39 is 0 Å². The summed E-state index contributed by atoms with van der Waals surface area (Å²) in [5.74, 6) is 0.670. The highest BCUT2D eigenvalue weighted by Crippen LogP contribution is 2.38. The number of hydrogen-bond donors (Lipinski definition) is 0. The maximum atomic E-state index is 12.8. The van der Waals surface area contributed by atoms with Crippen LogP contribution >= 0.6 is 0 Å². The molecule has 0 radical (unpaired) electrons. The monoisotopic (exact) mass is 453 g/mol. The summed E-state index contributed by atoms with van der Waals surface area (Å²) in [6, 6.07) is 22.7. The molecule has 2 heterocycles. The molecule has 0 N–H and O–H groups in total. The molecule has 0 unspecified atom stereocenters. The van der Waals surface area contributed by atoms with Crippen LogP contribution in [-0.2, 0) is 9.53 Å². The van der Waals surface area contributed by atoms with Gasteiger partial charge in [0.05, 0.1) is 26.6 Å². The number of benzene rings is 3. The fourth-order valence-electron chi connectivity index (χ4n) is 4.37. The normalized spacial score (nSPS) is 14.4. The summed E-state index contributed by atoms with van der Waals surface area (Å²) in [5.41, 5.74) is 6.90. The van der Waals surface area contributed by atoms with Crippen LogP contribution in [0.15, 0.2) is 83.5 Å². The second-order valence-corrected chi connectivity index (χ2v) is 8.41. The van der Waals surface area contributed by atoms with Crippen LogP contribution in [-0.4, -0.2) is 44.2 Å². The van der Waals surface area contributed by atoms with Gasteiger partial charge in [0.2, 0.25) is 5.91 Å². The van der Waals surface area contributed by atoms with E-state index in [0.717, 1.165) is 33.2 Å². The number of fused-ring (bicyclic) bond motifs is 1. The molecule has 1 aliphatic heterocycles. The van der Waals surface area contributed by atoms with E-state index in [2.05, 4.69) is 42.5 Å². The molecule has 5 heteroatoms. The number of rotatable bonds is 5. The zero-order valence-corrected chi connectivity index (χ0v) is 19.4. The van der Waals surface area contributed by atoms with Gasteiger partial charge in [-0.25, -0.2) is 0 Å². The van der Waals surface area contributed by atoms with Crippen molar-refractivity contribution in [2.24, 2.45) is 0 Å². The molecule has 0 spiro atoms. The van der Waals surface area contributed by atoms with Crippen LogP contribution in [0.3, 0.4) is 0 Å². The molecule has 1 aliphatic rings. The van der Waals surface area contributed by atoms with E-state index in [0.29, 0.717) is 32.1 Å². The third kappa shape index (κ3) is 4.35. The zero-order valence-electron chi connectivity index (χ0n) is 19.4. The molecule has 0 saturated carbocycles. The van der Waals surface area contributed by atoms with E-state index in [1.807, 2.05) is 36.1 Å². The number of carbonyl (C=O) groups is 1. The van der Waals surface area contributed by atoms with Gasteiger partial charge in [0, 0.05) is 41.7 Å². The smallest absolute Gasteiger partial charge is 0.247 e. The van der Waals surface area contributed by atoms with Crippen molar-refractivity contribution >= 4 is 22.4 Å². The summed E-state index contributed by atoms with van der Waals surface area (Å²) in [4.78, 5) is 14.6. The van der Waals surface area contributed by atoms with E-state index in [1.54, 1.807) is 19.4 Å². The van der Waals surface area contributed by atoms with Crippen molar-refractivity contribution in [2.75, 3.05) is 33.4 Å². The Morgan fingerprint density at radius 2 is 1.62 bits per heavy atom. The van der Waals surface area contributed by atoms with Crippen molar-refractivity contribution in [1.82, 2.24) is 4.90 Å². The summed E-state index contributed by atoms with van der Waals surface area (Å²) in [6.07, 6.45) is 3.47. The van der Waals surface area contributed by atoms with E-state index >= 15 is 0 Å². The summed E-state index contributed by atoms with van der Waals surface area (Å²) in [5, 5.41) is 0.981. The molecule has 1 amide bonds. The number of methoxy groups -OCH3 is 1. The van der Waals surface area contributed by atoms with Crippen LogP contribution < -0.4 is 4.74 Å². The van der Waals surface area contributed by atoms with E-state index in [-0.39, 0.29) is 5.91 Å². The quantitative estimate of drug-likeness (QED) is 0.346. The molecule has 0 aliphatic carbocycles. The summed E-state index contributed by atoms with van der Waals surface area (Å²) >= 11 is 0. The van der Waals surface area contributed by atoms with Crippen LogP contribution in [0.4, 0.5) is 0 Å². The molecule has 1 aromatic heterocycles. The molecule has 5 rings (SSSR count). The maximum absolute atomic E-state index is 12.8. The molecule has 0 atom stereocenters. The van der Waals surface area contributed by atoms with Crippen molar-refractivity contribution in [3.8, 4) is 28.0 Å². The first kappa shape index (κ1) is 22.0.